The van der Waals surface area contributed by atoms with Gasteiger partial charge >= 0.3 is 0 Å². The molecule has 0 saturated heterocycles. The average Bonchev–Trinajstić information content (AvgIpc) is 3.49. The zero-order valence-electron chi connectivity index (χ0n) is 18.2. The minimum Gasteiger partial charge on any atom is -0.448 e. The maximum atomic E-state index is 13.0. The van der Waals surface area contributed by atoms with E-state index < -0.39 is 0 Å². The molecule has 0 spiro atoms. The van der Waals surface area contributed by atoms with Crippen LogP contribution in [0.4, 0.5) is 0 Å². The molecule has 3 aromatic heterocycles. The molecule has 0 aliphatic heterocycles. The Kier molecular flexibility index (Phi) is 5.79. The van der Waals surface area contributed by atoms with Crippen LogP contribution in [-0.4, -0.2) is 15.5 Å². The van der Waals surface area contributed by atoms with E-state index in [0.29, 0.717) is 11.1 Å². The summed E-state index contributed by atoms with van der Waals surface area (Å²) in [6, 6.07) is 19.4. The third kappa shape index (κ3) is 4.19. The Labute approximate surface area is 194 Å². The molecule has 0 saturated carbocycles. The number of fused-ring (bicyclic) bond motifs is 3. The number of carbonyl (C=O) groups excluding carboxylic acids is 1. The maximum absolute atomic E-state index is 13.0. The van der Waals surface area contributed by atoms with Crippen molar-refractivity contribution in [3.8, 4) is 0 Å². The lowest BCUT2D eigenvalue weighted by atomic mass is 10.0. The van der Waals surface area contributed by atoms with Crippen LogP contribution in [0.25, 0.3) is 22.1 Å². The van der Waals surface area contributed by atoms with E-state index in [4.69, 9.17) is 4.42 Å². The van der Waals surface area contributed by atoms with Crippen LogP contribution in [0.2, 0.25) is 0 Å². The first-order valence-corrected chi connectivity index (χ1v) is 11.8. The summed E-state index contributed by atoms with van der Waals surface area (Å²) in [4.78, 5) is 31.4. The fraction of sp³-hybridized carbons (Fsp3) is 0.192. The second kappa shape index (κ2) is 9.03. The van der Waals surface area contributed by atoms with Crippen molar-refractivity contribution in [1.29, 1.82) is 0 Å². The second-order valence-electron chi connectivity index (χ2n) is 7.96. The van der Waals surface area contributed by atoms with Crippen molar-refractivity contribution in [3.63, 3.8) is 0 Å². The summed E-state index contributed by atoms with van der Waals surface area (Å²) < 4.78 is 7.01. The number of para-hydroxylation sites is 1. The first kappa shape index (κ1) is 21.2. The number of benzene rings is 2. The standard InChI is InChI=1S/C26H23N3O3S/c1-2-6-17-10-12-18(13-11-17)23(21-9-5-14-33-21)28-22(30)15-29-16-27-24-19-7-3-4-8-20(19)32-25(24)26(29)31/h3-5,7-14,16,23H,2,6,15H2,1H3,(H,28,30). The van der Waals surface area contributed by atoms with Gasteiger partial charge in [0.1, 0.15) is 17.6 Å². The summed E-state index contributed by atoms with van der Waals surface area (Å²) >= 11 is 1.59. The summed E-state index contributed by atoms with van der Waals surface area (Å²) in [6.07, 6.45) is 3.52. The van der Waals surface area contributed by atoms with Crippen LogP contribution in [0.3, 0.4) is 0 Å². The van der Waals surface area contributed by atoms with Gasteiger partial charge in [0.25, 0.3) is 5.56 Å². The number of furan rings is 1. The van der Waals surface area contributed by atoms with Crippen molar-refractivity contribution >= 4 is 39.3 Å². The van der Waals surface area contributed by atoms with Gasteiger partial charge in [0.05, 0.1) is 12.4 Å². The Morgan fingerprint density at radius 2 is 1.94 bits per heavy atom. The number of rotatable bonds is 7. The van der Waals surface area contributed by atoms with Crippen molar-refractivity contribution in [1.82, 2.24) is 14.9 Å². The highest BCUT2D eigenvalue weighted by Gasteiger charge is 2.20. The zero-order chi connectivity index (χ0) is 22.8. The largest absolute Gasteiger partial charge is 0.448 e. The zero-order valence-corrected chi connectivity index (χ0v) is 19.0. The molecule has 1 unspecified atom stereocenters. The molecule has 5 rings (SSSR count). The third-order valence-corrected chi connectivity index (χ3v) is 6.59. The van der Waals surface area contributed by atoms with Gasteiger partial charge in [-0.25, -0.2) is 4.98 Å². The first-order chi connectivity index (χ1) is 16.1. The fourth-order valence-electron chi connectivity index (χ4n) is 4.03. The highest BCUT2D eigenvalue weighted by molar-refractivity contribution is 7.10. The molecule has 2 aromatic carbocycles. The van der Waals surface area contributed by atoms with Gasteiger partial charge < -0.3 is 9.73 Å². The number of nitrogens with zero attached hydrogens (tertiary/aromatic N) is 2. The van der Waals surface area contributed by atoms with Crippen LogP contribution in [0.15, 0.2) is 81.6 Å². The molecule has 0 bridgehead atoms. The van der Waals surface area contributed by atoms with E-state index >= 15 is 0 Å². The van der Waals surface area contributed by atoms with E-state index in [1.165, 1.54) is 16.5 Å². The highest BCUT2D eigenvalue weighted by atomic mass is 32.1. The Morgan fingerprint density at radius 1 is 1.12 bits per heavy atom. The monoisotopic (exact) mass is 457 g/mol. The van der Waals surface area contributed by atoms with Crippen molar-refractivity contribution in [2.75, 3.05) is 0 Å². The number of amides is 1. The highest BCUT2D eigenvalue weighted by Crippen LogP contribution is 2.27. The Balaban J connectivity index is 1.41. The average molecular weight is 458 g/mol. The smallest absolute Gasteiger partial charge is 0.297 e. The summed E-state index contributed by atoms with van der Waals surface area (Å²) in [5, 5.41) is 5.86. The quantitative estimate of drug-likeness (QED) is 0.370. The molecule has 1 amide bonds. The van der Waals surface area contributed by atoms with E-state index in [1.807, 2.05) is 35.7 Å². The maximum Gasteiger partial charge on any atom is 0.297 e. The molecule has 3 heterocycles. The van der Waals surface area contributed by atoms with Crippen LogP contribution >= 0.6 is 11.3 Å². The molecule has 1 atom stereocenters. The minimum atomic E-state index is -0.372. The molecular weight excluding hydrogens is 434 g/mol. The Morgan fingerprint density at radius 3 is 2.70 bits per heavy atom. The van der Waals surface area contributed by atoms with Gasteiger partial charge in [-0.3, -0.25) is 14.2 Å². The van der Waals surface area contributed by atoms with Gasteiger partial charge in [-0.05, 0) is 41.1 Å². The van der Waals surface area contributed by atoms with Crippen LogP contribution in [-0.2, 0) is 17.8 Å². The minimum absolute atomic E-state index is 0.144. The van der Waals surface area contributed by atoms with Crippen molar-refractivity contribution in [2.24, 2.45) is 0 Å². The van der Waals surface area contributed by atoms with E-state index in [-0.39, 0.29) is 29.6 Å². The fourth-order valence-corrected chi connectivity index (χ4v) is 4.83. The SMILES string of the molecule is CCCc1ccc(C(NC(=O)Cn2cnc3c(oc4ccccc43)c2=O)c2cccs2)cc1. The van der Waals surface area contributed by atoms with Crippen LogP contribution in [0.5, 0.6) is 0 Å². The molecule has 7 heteroatoms. The van der Waals surface area contributed by atoms with Gasteiger partial charge in [0.15, 0.2) is 0 Å². The predicted octanol–water partition coefficient (Wildman–Crippen LogP) is 5.06. The summed E-state index contributed by atoms with van der Waals surface area (Å²) in [5.41, 5.74) is 3.17. The third-order valence-electron chi connectivity index (χ3n) is 5.65. The summed E-state index contributed by atoms with van der Waals surface area (Å²) in [7, 11) is 0. The molecule has 0 fully saturated rings. The van der Waals surface area contributed by atoms with E-state index in [9.17, 15) is 9.59 Å². The van der Waals surface area contributed by atoms with Gasteiger partial charge in [-0.1, -0.05) is 55.8 Å². The number of hydrogen-bond donors (Lipinski definition) is 1. The number of thiophene rings is 1. The number of aryl methyl sites for hydroxylation is 1. The van der Waals surface area contributed by atoms with Crippen LogP contribution in [0.1, 0.15) is 35.4 Å². The molecule has 33 heavy (non-hydrogen) atoms. The molecule has 0 radical (unpaired) electrons. The van der Waals surface area contributed by atoms with Gasteiger partial charge in [0, 0.05) is 10.3 Å². The predicted molar refractivity (Wildman–Crippen MR) is 131 cm³/mol. The lowest BCUT2D eigenvalue weighted by Gasteiger charge is -2.19. The lowest BCUT2D eigenvalue weighted by Crippen LogP contribution is -2.35. The Hall–Kier alpha value is -3.71. The molecule has 1 N–H and O–H groups in total. The normalized spacial score (nSPS) is 12.3. The molecule has 166 valence electrons. The molecule has 6 nitrogen and oxygen atoms in total. The molecular formula is C26H23N3O3S. The van der Waals surface area contributed by atoms with Crippen LogP contribution in [0, 0.1) is 0 Å². The summed E-state index contributed by atoms with van der Waals surface area (Å²) in [5.74, 6) is -0.273. The topological polar surface area (TPSA) is 77.1 Å². The molecule has 5 aromatic rings. The second-order valence-corrected chi connectivity index (χ2v) is 8.94. The molecule has 0 aliphatic carbocycles. The van der Waals surface area contributed by atoms with E-state index in [0.717, 1.165) is 28.7 Å². The number of hydrogen-bond acceptors (Lipinski definition) is 5. The lowest BCUT2D eigenvalue weighted by molar-refractivity contribution is -0.122. The van der Waals surface area contributed by atoms with Gasteiger partial charge in [-0.15, -0.1) is 11.3 Å². The number of carbonyl (C=O) groups is 1. The van der Waals surface area contributed by atoms with Crippen molar-refractivity contribution in [3.05, 3.63) is 98.7 Å². The summed E-state index contributed by atoms with van der Waals surface area (Å²) in [6.45, 7) is 2.01. The number of nitrogens with one attached hydrogen (secondary N) is 1. The van der Waals surface area contributed by atoms with Crippen LogP contribution < -0.4 is 10.9 Å². The van der Waals surface area contributed by atoms with Crippen molar-refractivity contribution < 1.29 is 9.21 Å². The van der Waals surface area contributed by atoms with E-state index in [1.54, 1.807) is 17.4 Å². The number of aromatic nitrogens is 2. The molecule has 0 aliphatic rings. The van der Waals surface area contributed by atoms with Crippen molar-refractivity contribution in [2.45, 2.75) is 32.4 Å². The first-order valence-electron chi connectivity index (χ1n) is 10.9. The van der Waals surface area contributed by atoms with Gasteiger partial charge in [-0.2, -0.15) is 0 Å². The van der Waals surface area contributed by atoms with Gasteiger partial charge in [0.2, 0.25) is 11.5 Å². The van der Waals surface area contributed by atoms with E-state index in [2.05, 4.69) is 41.5 Å². The Bertz CT molecular complexity index is 1470.